The molecule has 1 aromatic rings. The summed E-state index contributed by atoms with van der Waals surface area (Å²) in [5.74, 6) is -1.23. The normalized spacial score (nSPS) is 11.8. The van der Waals surface area contributed by atoms with Crippen molar-refractivity contribution in [2.75, 3.05) is 10.5 Å². The highest BCUT2D eigenvalue weighted by Crippen LogP contribution is 2.20. The zero-order chi connectivity index (χ0) is 13.2. The summed E-state index contributed by atoms with van der Waals surface area (Å²) in [7, 11) is -3.51. The minimum atomic E-state index is -3.51. The molecule has 0 aliphatic heterocycles. The van der Waals surface area contributed by atoms with E-state index >= 15 is 0 Å². The lowest BCUT2D eigenvalue weighted by Crippen LogP contribution is -2.21. The van der Waals surface area contributed by atoms with Crippen LogP contribution in [0.25, 0.3) is 0 Å². The van der Waals surface area contributed by atoms with Gasteiger partial charge in [-0.1, -0.05) is 13.8 Å². The summed E-state index contributed by atoms with van der Waals surface area (Å²) in [6, 6.07) is 0. The zero-order valence-corrected chi connectivity index (χ0v) is 10.8. The summed E-state index contributed by atoms with van der Waals surface area (Å²) in [5.41, 5.74) is 0.452. The molecule has 0 amide bonds. The minimum absolute atomic E-state index is 0.0270. The summed E-state index contributed by atoms with van der Waals surface area (Å²) >= 11 is 0. The van der Waals surface area contributed by atoms with E-state index < -0.39 is 16.0 Å². The van der Waals surface area contributed by atoms with Gasteiger partial charge < -0.3 is 10.1 Å². The summed E-state index contributed by atoms with van der Waals surface area (Å²) in [5, 5.41) is 8.96. The fourth-order valence-electron chi connectivity index (χ4n) is 1.53. The number of aromatic carboxylic acids is 1. The number of H-pyrrole nitrogens is 1. The Morgan fingerprint density at radius 3 is 2.59 bits per heavy atom. The van der Waals surface area contributed by atoms with Gasteiger partial charge in [0.2, 0.25) is 10.0 Å². The molecule has 1 heterocycles. The molecule has 0 atom stereocenters. The number of nitrogens with one attached hydrogen (secondary N) is 2. The van der Waals surface area contributed by atoms with E-state index in [0.29, 0.717) is 5.69 Å². The Hall–Kier alpha value is -1.50. The van der Waals surface area contributed by atoms with Gasteiger partial charge in [-0.2, -0.15) is 0 Å². The van der Waals surface area contributed by atoms with Gasteiger partial charge in [-0.05, 0) is 12.8 Å². The number of anilines is 1. The number of aromatic nitrogens is 1. The lowest BCUT2D eigenvalue weighted by Gasteiger charge is -2.09. The van der Waals surface area contributed by atoms with E-state index in [9.17, 15) is 13.2 Å². The Bertz CT molecular complexity index is 516. The highest BCUT2D eigenvalue weighted by molar-refractivity contribution is 7.92. The van der Waals surface area contributed by atoms with Crippen molar-refractivity contribution >= 4 is 21.7 Å². The lowest BCUT2D eigenvalue weighted by atomic mass is 10.2. The van der Waals surface area contributed by atoms with E-state index in [2.05, 4.69) is 9.71 Å². The van der Waals surface area contributed by atoms with Crippen molar-refractivity contribution in [1.29, 1.82) is 0 Å². The molecule has 1 aromatic heterocycles. The average Bonchev–Trinajstić information content (AvgIpc) is 2.43. The predicted octanol–water partition coefficient (Wildman–Crippen LogP) is 1.42. The maximum atomic E-state index is 11.7. The quantitative estimate of drug-likeness (QED) is 0.745. The molecule has 17 heavy (non-hydrogen) atoms. The van der Waals surface area contributed by atoms with E-state index in [1.54, 1.807) is 20.8 Å². The topological polar surface area (TPSA) is 99.3 Å². The third-order valence-electron chi connectivity index (χ3n) is 2.11. The molecule has 0 bridgehead atoms. The third kappa shape index (κ3) is 3.48. The second-order valence-electron chi connectivity index (χ2n) is 4.28. The maximum absolute atomic E-state index is 11.7. The van der Waals surface area contributed by atoms with E-state index in [1.165, 1.54) is 6.20 Å². The molecule has 6 nitrogen and oxygen atoms in total. The highest BCUT2D eigenvalue weighted by atomic mass is 32.2. The van der Waals surface area contributed by atoms with Gasteiger partial charge in [-0.15, -0.1) is 0 Å². The Morgan fingerprint density at radius 2 is 2.12 bits per heavy atom. The second kappa shape index (κ2) is 4.79. The van der Waals surface area contributed by atoms with Crippen LogP contribution < -0.4 is 4.72 Å². The second-order valence-corrected chi connectivity index (χ2v) is 6.05. The first kappa shape index (κ1) is 13.6. The zero-order valence-electron chi connectivity index (χ0n) is 9.94. The van der Waals surface area contributed by atoms with Crippen LogP contribution in [0.5, 0.6) is 0 Å². The molecule has 0 aliphatic rings. The number of aryl methyl sites for hydroxylation is 1. The van der Waals surface area contributed by atoms with E-state index in [-0.39, 0.29) is 22.9 Å². The van der Waals surface area contributed by atoms with Crippen molar-refractivity contribution < 1.29 is 18.3 Å². The number of carbonyl (C=O) groups is 1. The lowest BCUT2D eigenvalue weighted by molar-refractivity contribution is 0.0697. The Kier molecular flexibility index (Phi) is 3.82. The van der Waals surface area contributed by atoms with Gasteiger partial charge in [-0.25, -0.2) is 13.2 Å². The summed E-state index contributed by atoms with van der Waals surface area (Å²) in [6.07, 6.45) is 1.34. The standard InChI is InChI=1S/C10H16N2O4S/c1-6(2)5-17(15,16)12-8-4-11-7(3)9(8)10(13)14/h4,6,11-12H,5H2,1-3H3,(H,13,14). The van der Waals surface area contributed by atoms with Crippen LogP contribution >= 0.6 is 0 Å². The molecule has 0 aromatic carbocycles. The van der Waals surface area contributed by atoms with Crippen molar-refractivity contribution in [3.63, 3.8) is 0 Å². The summed E-state index contributed by atoms with van der Waals surface area (Å²) in [6.45, 7) is 5.13. The molecule has 96 valence electrons. The number of sulfonamides is 1. The van der Waals surface area contributed by atoms with Crippen molar-refractivity contribution in [3.05, 3.63) is 17.5 Å². The number of hydrogen-bond donors (Lipinski definition) is 3. The smallest absolute Gasteiger partial charge is 0.339 e. The molecular formula is C10H16N2O4S. The number of aromatic amines is 1. The van der Waals surface area contributed by atoms with Crippen molar-refractivity contribution in [2.45, 2.75) is 20.8 Å². The Morgan fingerprint density at radius 1 is 1.53 bits per heavy atom. The molecular weight excluding hydrogens is 244 g/mol. The van der Waals surface area contributed by atoms with Crippen molar-refractivity contribution in [1.82, 2.24) is 4.98 Å². The summed E-state index contributed by atoms with van der Waals surface area (Å²) in [4.78, 5) is 13.6. The summed E-state index contributed by atoms with van der Waals surface area (Å²) < 4.78 is 25.6. The van der Waals surface area contributed by atoms with Crippen LogP contribution in [0.2, 0.25) is 0 Å². The first-order chi connectivity index (χ1) is 7.73. The number of hydrogen-bond acceptors (Lipinski definition) is 3. The Balaban J connectivity index is 3.00. The van der Waals surface area contributed by atoms with Crippen LogP contribution in [-0.2, 0) is 10.0 Å². The maximum Gasteiger partial charge on any atom is 0.339 e. The molecule has 0 unspecified atom stereocenters. The molecule has 0 saturated carbocycles. The largest absolute Gasteiger partial charge is 0.478 e. The van der Waals surface area contributed by atoms with Gasteiger partial charge in [0.15, 0.2) is 0 Å². The van der Waals surface area contributed by atoms with Crippen LogP contribution in [0.4, 0.5) is 5.69 Å². The van der Waals surface area contributed by atoms with E-state index in [0.717, 1.165) is 0 Å². The van der Waals surface area contributed by atoms with Crippen molar-refractivity contribution in [3.8, 4) is 0 Å². The van der Waals surface area contributed by atoms with Gasteiger partial charge in [0.25, 0.3) is 0 Å². The van der Waals surface area contributed by atoms with E-state index in [1.807, 2.05) is 0 Å². The van der Waals surface area contributed by atoms with Gasteiger partial charge in [0.1, 0.15) is 5.56 Å². The first-order valence-corrected chi connectivity index (χ1v) is 6.80. The monoisotopic (exact) mass is 260 g/mol. The van der Waals surface area contributed by atoms with Crippen LogP contribution in [0.15, 0.2) is 6.20 Å². The van der Waals surface area contributed by atoms with Gasteiger partial charge in [-0.3, -0.25) is 4.72 Å². The van der Waals surface area contributed by atoms with Gasteiger partial charge >= 0.3 is 5.97 Å². The minimum Gasteiger partial charge on any atom is -0.478 e. The fourth-order valence-corrected chi connectivity index (χ4v) is 2.99. The molecule has 0 fully saturated rings. The molecule has 0 saturated heterocycles. The molecule has 1 rings (SSSR count). The molecule has 7 heteroatoms. The highest BCUT2D eigenvalue weighted by Gasteiger charge is 2.20. The molecule has 0 radical (unpaired) electrons. The van der Waals surface area contributed by atoms with Gasteiger partial charge in [0.05, 0.1) is 11.4 Å². The predicted molar refractivity (Wildman–Crippen MR) is 64.7 cm³/mol. The number of carboxylic acids is 1. The SMILES string of the molecule is Cc1[nH]cc(NS(=O)(=O)CC(C)C)c1C(=O)O. The average molecular weight is 260 g/mol. The first-order valence-electron chi connectivity index (χ1n) is 5.14. The third-order valence-corrected chi connectivity index (χ3v) is 3.75. The van der Waals surface area contributed by atoms with Gasteiger partial charge in [0, 0.05) is 11.9 Å². The molecule has 0 aliphatic carbocycles. The van der Waals surface area contributed by atoms with Crippen LogP contribution in [-0.4, -0.2) is 30.2 Å². The Labute approximate surface area is 100 Å². The fraction of sp³-hybridized carbons (Fsp3) is 0.500. The number of rotatable bonds is 5. The number of carboxylic acid groups (broad SMARTS) is 1. The molecule has 0 spiro atoms. The molecule has 3 N–H and O–H groups in total. The van der Waals surface area contributed by atoms with Crippen LogP contribution in [0, 0.1) is 12.8 Å². The van der Waals surface area contributed by atoms with Crippen LogP contribution in [0.3, 0.4) is 0 Å². The van der Waals surface area contributed by atoms with E-state index in [4.69, 9.17) is 5.11 Å². The van der Waals surface area contributed by atoms with Crippen molar-refractivity contribution in [2.24, 2.45) is 5.92 Å². The van der Waals surface area contributed by atoms with Crippen LogP contribution in [0.1, 0.15) is 29.9 Å².